The molecule has 2 atom stereocenters. The van der Waals surface area contributed by atoms with Crippen LogP contribution in [0.15, 0.2) is 42.5 Å². The van der Waals surface area contributed by atoms with Crippen LogP contribution in [-0.4, -0.2) is 11.1 Å². The second-order valence-electron chi connectivity index (χ2n) is 4.73. The highest BCUT2D eigenvalue weighted by Gasteiger charge is 2.27. The van der Waals surface area contributed by atoms with Gasteiger partial charge in [0.15, 0.2) is 0 Å². The number of anilines is 1. The van der Waals surface area contributed by atoms with Crippen LogP contribution in [0.5, 0.6) is 0 Å². The average molecular weight is 278 g/mol. The molecule has 0 radical (unpaired) electrons. The molecule has 3 rings (SSSR count). The van der Waals surface area contributed by atoms with E-state index in [1.165, 1.54) is 17.7 Å². The largest absolute Gasteiger partial charge is 0.386 e. The lowest BCUT2D eigenvalue weighted by Gasteiger charge is -2.19. The summed E-state index contributed by atoms with van der Waals surface area (Å²) in [5.74, 6) is -0.506. The van der Waals surface area contributed by atoms with Crippen molar-refractivity contribution in [2.75, 3.05) is 5.32 Å². The van der Waals surface area contributed by atoms with Crippen LogP contribution in [-0.2, 0) is 6.42 Å². The third kappa shape index (κ3) is 2.31. The van der Waals surface area contributed by atoms with E-state index < -0.39 is 11.9 Å². The normalized spacial score (nSPS) is 18.8. The standard InChI is InChI=1S/C15H13ClFNO/c16-11-6-5-10(7-12(11)17)15(19)14-8-9-3-1-2-4-13(9)18-14/h1-7,14-15,18-19H,8H2. The van der Waals surface area contributed by atoms with Crippen molar-refractivity contribution in [1.82, 2.24) is 0 Å². The Balaban J connectivity index is 1.82. The highest BCUT2D eigenvalue weighted by atomic mass is 35.5. The summed E-state index contributed by atoms with van der Waals surface area (Å²) in [6, 6.07) is 12.2. The van der Waals surface area contributed by atoms with Gasteiger partial charge in [-0.15, -0.1) is 0 Å². The van der Waals surface area contributed by atoms with Crippen molar-refractivity contribution in [2.45, 2.75) is 18.6 Å². The molecular formula is C15H13ClFNO. The molecule has 98 valence electrons. The first kappa shape index (κ1) is 12.5. The number of benzene rings is 2. The van der Waals surface area contributed by atoms with E-state index in [2.05, 4.69) is 5.32 Å². The summed E-state index contributed by atoms with van der Waals surface area (Å²) in [5.41, 5.74) is 2.73. The van der Waals surface area contributed by atoms with Gasteiger partial charge in [-0.05, 0) is 35.7 Å². The molecule has 2 aromatic rings. The van der Waals surface area contributed by atoms with E-state index in [0.717, 1.165) is 12.1 Å². The molecule has 2 N–H and O–H groups in total. The van der Waals surface area contributed by atoms with Gasteiger partial charge in [-0.2, -0.15) is 0 Å². The first-order valence-corrected chi connectivity index (χ1v) is 6.50. The lowest BCUT2D eigenvalue weighted by atomic mass is 9.99. The summed E-state index contributed by atoms with van der Waals surface area (Å²) in [6.45, 7) is 0. The summed E-state index contributed by atoms with van der Waals surface area (Å²) in [7, 11) is 0. The van der Waals surface area contributed by atoms with Crippen molar-refractivity contribution in [2.24, 2.45) is 0 Å². The fourth-order valence-corrected chi connectivity index (χ4v) is 2.56. The fourth-order valence-electron chi connectivity index (χ4n) is 2.45. The second kappa shape index (κ2) is 4.83. The Morgan fingerprint density at radius 3 is 2.79 bits per heavy atom. The molecule has 0 fully saturated rings. The quantitative estimate of drug-likeness (QED) is 0.880. The third-order valence-electron chi connectivity index (χ3n) is 3.46. The summed E-state index contributed by atoms with van der Waals surface area (Å²) < 4.78 is 13.4. The summed E-state index contributed by atoms with van der Waals surface area (Å²) in [4.78, 5) is 0. The molecule has 1 aliphatic rings. The molecule has 1 heterocycles. The first-order chi connectivity index (χ1) is 9.15. The Bertz CT molecular complexity index is 592. The Morgan fingerprint density at radius 2 is 2.05 bits per heavy atom. The Kier molecular flexibility index (Phi) is 3.17. The molecule has 1 aliphatic heterocycles. The van der Waals surface area contributed by atoms with Crippen molar-refractivity contribution in [3.8, 4) is 0 Å². The molecule has 0 aliphatic carbocycles. The highest BCUT2D eigenvalue weighted by molar-refractivity contribution is 6.30. The molecule has 0 saturated carbocycles. The summed E-state index contributed by atoms with van der Waals surface area (Å²) >= 11 is 5.65. The number of nitrogens with one attached hydrogen (secondary N) is 1. The van der Waals surface area contributed by atoms with Crippen molar-refractivity contribution in [3.05, 3.63) is 64.4 Å². The molecule has 2 unspecified atom stereocenters. The van der Waals surface area contributed by atoms with Crippen LogP contribution in [0.3, 0.4) is 0 Å². The minimum atomic E-state index is -0.765. The fraction of sp³-hybridized carbons (Fsp3) is 0.200. The predicted octanol–water partition coefficient (Wildman–Crippen LogP) is 3.55. The molecule has 0 amide bonds. The van der Waals surface area contributed by atoms with Crippen LogP contribution in [0.25, 0.3) is 0 Å². The number of para-hydroxylation sites is 1. The zero-order chi connectivity index (χ0) is 13.4. The van der Waals surface area contributed by atoms with E-state index >= 15 is 0 Å². The number of halogens is 2. The van der Waals surface area contributed by atoms with E-state index in [1.807, 2.05) is 24.3 Å². The smallest absolute Gasteiger partial charge is 0.142 e. The number of hydrogen-bond acceptors (Lipinski definition) is 2. The van der Waals surface area contributed by atoms with Gasteiger partial charge in [-0.25, -0.2) is 4.39 Å². The summed E-state index contributed by atoms with van der Waals surface area (Å²) in [5, 5.41) is 13.7. The first-order valence-electron chi connectivity index (χ1n) is 6.12. The molecule has 0 spiro atoms. The van der Waals surface area contributed by atoms with Gasteiger partial charge in [-0.3, -0.25) is 0 Å². The van der Waals surface area contributed by atoms with Gasteiger partial charge < -0.3 is 10.4 Å². The van der Waals surface area contributed by atoms with E-state index in [0.29, 0.717) is 5.56 Å². The minimum absolute atomic E-state index is 0.0682. The van der Waals surface area contributed by atoms with E-state index in [-0.39, 0.29) is 11.1 Å². The van der Waals surface area contributed by atoms with Crippen LogP contribution in [0.4, 0.5) is 10.1 Å². The molecule has 2 nitrogen and oxygen atoms in total. The zero-order valence-corrected chi connectivity index (χ0v) is 10.9. The highest BCUT2D eigenvalue weighted by Crippen LogP contribution is 2.32. The molecule has 0 saturated heterocycles. The lowest BCUT2D eigenvalue weighted by Crippen LogP contribution is -2.24. The number of aliphatic hydroxyl groups excluding tert-OH is 1. The third-order valence-corrected chi connectivity index (χ3v) is 3.77. The van der Waals surface area contributed by atoms with Crippen molar-refractivity contribution in [1.29, 1.82) is 0 Å². The van der Waals surface area contributed by atoms with Gasteiger partial charge in [0.1, 0.15) is 5.82 Å². The van der Waals surface area contributed by atoms with Crippen LogP contribution in [0, 0.1) is 5.82 Å². The molecule has 4 heteroatoms. The van der Waals surface area contributed by atoms with Crippen LogP contribution < -0.4 is 5.32 Å². The van der Waals surface area contributed by atoms with Gasteiger partial charge in [-0.1, -0.05) is 35.9 Å². The van der Waals surface area contributed by atoms with Crippen molar-refractivity contribution in [3.63, 3.8) is 0 Å². The monoisotopic (exact) mass is 277 g/mol. The SMILES string of the molecule is OC(c1ccc(Cl)c(F)c1)C1Cc2ccccc2N1. The summed E-state index contributed by atoms with van der Waals surface area (Å²) in [6.07, 6.45) is -0.0409. The van der Waals surface area contributed by atoms with Gasteiger partial charge in [0.2, 0.25) is 0 Å². The van der Waals surface area contributed by atoms with Gasteiger partial charge >= 0.3 is 0 Å². The number of hydrogen-bond donors (Lipinski definition) is 2. The van der Waals surface area contributed by atoms with E-state index in [4.69, 9.17) is 11.6 Å². The zero-order valence-electron chi connectivity index (χ0n) is 10.1. The second-order valence-corrected chi connectivity index (χ2v) is 5.14. The number of fused-ring (bicyclic) bond motifs is 1. The molecule has 2 aromatic carbocycles. The van der Waals surface area contributed by atoms with E-state index in [9.17, 15) is 9.50 Å². The number of aliphatic hydroxyl groups is 1. The Labute approximate surface area is 115 Å². The van der Waals surface area contributed by atoms with E-state index in [1.54, 1.807) is 6.07 Å². The van der Waals surface area contributed by atoms with Gasteiger partial charge in [0.05, 0.1) is 17.2 Å². The average Bonchev–Trinajstić information content (AvgIpc) is 2.85. The molecule has 0 bridgehead atoms. The maximum atomic E-state index is 13.4. The van der Waals surface area contributed by atoms with Gasteiger partial charge in [0.25, 0.3) is 0 Å². The molecule has 19 heavy (non-hydrogen) atoms. The topological polar surface area (TPSA) is 32.3 Å². The Morgan fingerprint density at radius 1 is 1.26 bits per heavy atom. The van der Waals surface area contributed by atoms with Crippen LogP contribution in [0.2, 0.25) is 5.02 Å². The van der Waals surface area contributed by atoms with Crippen molar-refractivity contribution >= 4 is 17.3 Å². The van der Waals surface area contributed by atoms with Crippen LogP contribution in [0.1, 0.15) is 17.2 Å². The predicted molar refractivity (Wildman–Crippen MR) is 73.9 cm³/mol. The maximum Gasteiger partial charge on any atom is 0.142 e. The van der Waals surface area contributed by atoms with Crippen molar-refractivity contribution < 1.29 is 9.50 Å². The van der Waals surface area contributed by atoms with Crippen LogP contribution >= 0.6 is 11.6 Å². The molecular weight excluding hydrogens is 265 g/mol. The minimum Gasteiger partial charge on any atom is -0.386 e. The lowest BCUT2D eigenvalue weighted by molar-refractivity contribution is 0.156. The maximum absolute atomic E-state index is 13.4. The number of rotatable bonds is 2. The van der Waals surface area contributed by atoms with Gasteiger partial charge in [0, 0.05) is 5.69 Å². The molecule has 0 aromatic heterocycles. The Hall–Kier alpha value is -1.58.